The summed E-state index contributed by atoms with van der Waals surface area (Å²) in [4.78, 5) is 14.0. The van der Waals surface area contributed by atoms with Crippen molar-refractivity contribution < 1.29 is 26.0 Å². The van der Waals surface area contributed by atoms with Crippen molar-refractivity contribution in [3.63, 3.8) is 0 Å². The predicted octanol–water partition coefficient (Wildman–Crippen LogP) is 1.85. The van der Waals surface area contributed by atoms with E-state index < -0.39 is 30.7 Å². The molecule has 0 saturated carbocycles. The number of hydrogen-bond donors (Lipinski definition) is 0. The third kappa shape index (κ3) is 4.41. The standard InChI is InChI=1S/C19H20FNO5S2/c1-27(23,24)16-7-2-14(3-8-16)4-11-19(22)21-12-18(13-21)28(25,26)17-9-5-15(20)6-10-17/h2-3,5-10,18H,4,11-13H2,1H3. The lowest BCUT2D eigenvalue weighted by atomic mass is 10.1. The van der Waals surface area contributed by atoms with Gasteiger partial charge in [0.05, 0.1) is 9.79 Å². The number of amides is 1. The average Bonchev–Trinajstić information content (AvgIpc) is 2.58. The van der Waals surface area contributed by atoms with Crippen molar-refractivity contribution in [1.82, 2.24) is 4.90 Å². The van der Waals surface area contributed by atoms with Gasteiger partial charge in [0, 0.05) is 25.8 Å². The Kier molecular flexibility index (Phi) is 5.58. The number of aryl methyl sites for hydroxylation is 1. The molecule has 1 fully saturated rings. The highest BCUT2D eigenvalue weighted by molar-refractivity contribution is 7.92. The molecule has 28 heavy (non-hydrogen) atoms. The second-order valence-corrected chi connectivity index (χ2v) is 11.1. The molecule has 0 N–H and O–H groups in total. The van der Waals surface area contributed by atoms with Gasteiger partial charge in [-0.2, -0.15) is 0 Å². The molecule has 9 heteroatoms. The van der Waals surface area contributed by atoms with Crippen molar-refractivity contribution in [2.24, 2.45) is 0 Å². The lowest BCUT2D eigenvalue weighted by Gasteiger charge is -2.38. The molecular formula is C19H20FNO5S2. The maximum Gasteiger partial charge on any atom is 0.222 e. The zero-order chi connectivity index (χ0) is 20.5. The van der Waals surface area contributed by atoms with Crippen LogP contribution in [-0.2, 0) is 30.9 Å². The number of likely N-dealkylation sites (tertiary alicyclic amines) is 1. The van der Waals surface area contributed by atoms with Crippen LogP contribution < -0.4 is 0 Å². The van der Waals surface area contributed by atoms with E-state index in [0.29, 0.717) is 6.42 Å². The summed E-state index contributed by atoms with van der Waals surface area (Å²) in [5.74, 6) is -0.660. The topological polar surface area (TPSA) is 88.6 Å². The second kappa shape index (κ2) is 7.63. The maximum atomic E-state index is 13.0. The smallest absolute Gasteiger partial charge is 0.222 e. The summed E-state index contributed by atoms with van der Waals surface area (Å²) in [6, 6.07) is 11.0. The Hall–Kier alpha value is -2.26. The third-order valence-corrected chi connectivity index (χ3v) is 7.99. The van der Waals surface area contributed by atoms with Gasteiger partial charge in [-0.05, 0) is 48.4 Å². The Bertz CT molecular complexity index is 1070. The normalized spacial score (nSPS) is 15.3. The lowest BCUT2D eigenvalue weighted by molar-refractivity contribution is -0.134. The SMILES string of the molecule is CS(=O)(=O)c1ccc(CCC(=O)N2CC(S(=O)(=O)c3ccc(F)cc3)C2)cc1. The zero-order valence-corrected chi connectivity index (χ0v) is 16.8. The summed E-state index contributed by atoms with van der Waals surface area (Å²) in [7, 11) is -6.85. The van der Waals surface area contributed by atoms with Crippen LogP contribution >= 0.6 is 0 Å². The van der Waals surface area contributed by atoms with Crippen molar-refractivity contribution in [3.05, 3.63) is 59.9 Å². The van der Waals surface area contributed by atoms with Crippen molar-refractivity contribution in [3.8, 4) is 0 Å². The van der Waals surface area contributed by atoms with E-state index >= 15 is 0 Å². The Morgan fingerprint density at radius 1 is 0.964 bits per heavy atom. The second-order valence-electron chi connectivity index (χ2n) is 6.84. The van der Waals surface area contributed by atoms with Gasteiger partial charge in [-0.3, -0.25) is 4.79 Å². The number of carbonyl (C=O) groups excluding carboxylic acids is 1. The van der Waals surface area contributed by atoms with Gasteiger partial charge in [0.25, 0.3) is 0 Å². The fourth-order valence-electron chi connectivity index (χ4n) is 2.97. The molecule has 0 bridgehead atoms. The first-order chi connectivity index (χ1) is 13.1. The number of carbonyl (C=O) groups is 1. The highest BCUT2D eigenvalue weighted by Crippen LogP contribution is 2.25. The van der Waals surface area contributed by atoms with Crippen molar-refractivity contribution in [2.75, 3.05) is 19.3 Å². The minimum Gasteiger partial charge on any atom is -0.340 e. The number of halogens is 1. The highest BCUT2D eigenvalue weighted by Gasteiger charge is 2.40. The fourth-order valence-corrected chi connectivity index (χ4v) is 5.25. The van der Waals surface area contributed by atoms with Gasteiger partial charge >= 0.3 is 0 Å². The van der Waals surface area contributed by atoms with Crippen molar-refractivity contribution >= 4 is 25.6 Å². The van der Waals surface area contributed by atoms with Crippen LogP contribution in [-0.4, -0.2) is 52.2 Å². The monoisotopic (exact) mass is 425 g/mol. The Balaban J connectivity index is 1.53. The summed E-state index contributed by atoms with van der Waals surface area (Å²) in [6.07, 6.45) is 1.78. The van der Waals surface area contributed by atoms with E-state index in [9.17, 15) is 26.0 Å². The van der Waals surface area contributed by atoms with Crippen LogP contribution in [0.2, 0.25) is 0 Å². The highest BCUT2D eigenvalue weighted by atomic mass is 32.2. The molecule has 0 unspecified atom stereocenters. The molecule has 6 nitrogen and oxygen atoms in total. The summed E-state index contributed by atoms with van der Waals surface area (Å²) >= 11 is 0. The van der Waals surface area contributed by atoms with Crippen LogP contribution in [0, 0.1) is 5.82 Å². The van der Waals surface area contributed by atoms with Gasteiger partial charge in [0.1, 0.15) is 11.1 Å². The van der Waals surface area contributed by atoms with E-state index in [0.717, 1.165) is 24.0 Å². The molecule has 1 saturated heterocycles. The van der Waals surface area contributed by atoms with Crippen LogP contribution in [0.5, 0.6) is 0 Å². The summed E-state index contributed by atoms with van der Waals surface area (Å²) in [5.41, 5.74) is 0.830. The van der Waals surface area contributed by atoms with E-state index in [-0.39, 0.29) is 35.2 Å². The maximum absolute atomic E-state index is 13.0. The molecular weight excluding hydrogens is 405 g/mol. The number of sulfone groups is 2. The summed E-state index contributed by atoms with van der Waals surface area (Å²) in [6.45, 7) is 0.233. The molecule has 0 aliphatic carbocycles. The van der Waals surface area contributed by atoms with Gasteiger partial charge in [0.15, 0.2) is 19.7 Å². The molecule has 0 radical (unpaired) electrons. The quantitative estimate of drug-likeness (QED) is 0.659. The molecule has 0 aromatic heterocycles. The zero-order valence-electron chi connectivity index (χ0n) is 15.2. The van der Waals surface area contributed by atoms with E-state index in [1.54, 1.807) is 12.1 Å². The Morgan fingerprint density at radius 3 is 2.04 bits per heavy atom. The van der Waals surface area contributed by atoms with Gasteiger partial charge in [-0.1, -0.05) is 12.1 Å². The van der Waals surface area contributed by atoms with Gasteiger partial charge in [-0.25, -0.2) is 21.2 Å². The molecule has 0 spiro atoms. The van der Waals surface area contributed by atoms with Gasteiger partial charge in [-0.15, -0.1) is 0 Å². The minimum absolute atomic E-state index is 0.0527. The molecule has 2 aromatic carbocycles. The molecule has 150 valence electrons. The number of nitrogens with zero attached hydrogens (tertiary/aromatic N) is 1. The largest absolute Gasteiger partial charge is 0.340 e. The first kappa shape index (κ1) is 20.5. The van der Waals surface area contributed by atoms with Crippen LogP contribution in [0.3, 0.4) is 0 Å². The first-order valence-corrected chi connectivity index (χ1v) is 12.1. The molecule has 1 amide bonds. The fraction of sp³-hybridized carbons (Fsp3) is 0.316. The number of hydrogen-bond acceptors (Lipinski definition) is 5. The minimum atomic E-state index is -3.59. The molecule has 1 heterocycles. The summed E-state index contributed by atoms with van der Waals surface area (Å²) < 4.78 is 60.8. The van der Waals surface area contributed by atoms with E-state index in [4.69, 9.17) is 0 Å². The third-order valence-electron chi connectivity index (χ3n) is 4.76. The first-order valence-electron chi connectivity index (χ1n) is 8.63. The van der Waals surface area contributed by atoms with Crippen LogP contribution in [0.25, 0.3) is 0 Å². The summed E-state index contributed by atoms with van der Waals surface area (Å²) in [5, 5.41) is -0.684. The van der Waals surface area contributed by atoms with Crippen LogP contribution in [0.15, 0.2) is 58.3 Å². The van der Waals surface area contributed by atoms with Crippen LogP contribution in [0.1, 0.15) is 12.0 Å². The van der Waals surface area contributed by atoms with Crippen molar-refractivity contribution in [1.29, 1.82) is 0 Å². The number of benzene rings is 2. The molecule has 1 aliphatic rings. The van der Waals surface area contributed by atoms with Gasteiger partial charge < -0.3 is 4.90 Å². The predicted molar refractivity (Wildman–Crippen MR) is 102 cm³/mol. The average molecular weight is 426 g/mol. The van der Waals surface area contributed by atoms with E-state index in [1.807, 2.05) is 0 Å². The number of rotatable bonds is 6. The van der Waals surface area contributed by atoms with Gasteiger partial charge in [0.2, 0.25) is 5.91 Å². The van der Waals surface area contributed by atoms with Crippen molar-refractivity contribution in [2.45, 2.75) is 27.9 Å². The molecule has 3 rings (SSSR count). The molecule has 0 atom stereocenters. The van der Waals surface area contributed by atoms with E-state index in [2.05, 4.69) is 0 Å². The molecule has 2 aromatic rings. The Labute approximate surface area is 163 Å². The molecule has 1 aliphatic heterocycles. The van der Waals surface area contributed by atoms with E-state index in [1.165, 1.54) is 29.2 Å². The Morgan fingerprint density at radius 2 is 1.50 bits per heavy atom. The van der Waals surface area contributed by atoms with Crippen LogP contribution in [0.4, 0.5) is 4.39 Å². The lowest BCUT2D eigenvalue weighted by Crippen LogP contribution is -2.56.